The summed E-state index contributed by atoms with van der Waals surface area (Å²) in [5, 5.41) is 18.1. The second-order valence-corrected chi connectivity index (χ2v) is 7.31. The largest absolute Gasteiger partial charge is 0.482 e. The SMILES string of the molecule is CC1Oc2cc(cnc2N)-c2c(cnn2CC#N)Cn2nccc2-c2ccc(F)cc21. The molecule has 0 saturated heterocycles. The molecule has 2 bridgehead atoms. The summed E-state index contributed by atoms with van der Waals surface area (Å²) in [7, 11) is 0. The molecule has 1 aliphatic rings. The first-order valence-corrected chi connectivity index (χ1v) is 9.71. The van der Waals surface area contributed by atoms with Crippen molar-refractivity contribution in [1.82, 2.24) is 24.5 Å². The van der Waals surface area contributed by atoms with Crippen LogP contribution in [0.5, 0.6) is 5.75 Å². The number of nitriles is 1. The van der Waals surface area contributed by atoms with Crippen molar-refractivity contribution in [3.05, 3.63) is 65.9 Å². The lowest BCUT2D eigenvalue weighted by atomic mass is 9.99. The van der Waals surface area contributed by atoms with E-state index in [2.05, 4.69) is 21.3 Å². The van der Waals surface area contributed by atoms with Gasteiger partial charge in [0.25, 0.3) is 0 Å². The molecule has 0 radical (unpaired) electrons. The lowest BCUT2D eigenvalue weighted by Gasteiger charge is -2.21. The van der Waals surface area contributed by atoms with Gasteiger partial charge in [0.15, 0.2) is 11.6 Å². The van der Waals surface area contributed by atoms with Crippen LogP contribution in [-0.4, -0.2) is 24.5 Å². The Kier molecular flexibility index (Phi) is 4.40. The Morgan fingerprint density at radius 3 is 2.97 bits per heavy atom. The van der Waals surface area contributed by atoms with Crippen LogP contribution < -0.4 is 10.5 Å². The Morgan fingerprint density at radius 2 is 2.13 bits per heavy atom. The van der Waals surface area contributed by atoms with Crippen LogP contribution in [0.2, 0.25) is 0 Å². The number of anilines is 1. The molecule has 0 amide bonds. The van der Waals surface area contributed by atoms with Gasteiger partial charge in [0.2, 0.25) is 0 Å². The van der Waals surface area contributed by atoms with Gasteiger partial charge in [-0.2, -0.15) is 15.5 Å². The predicted molar refractivity (Wildman–Crippen MR) is 111 cm³/mol. The van der Waals surface area contributed by atoms with Gasteiger partial charge in [-0.05, 0) is 37.3 Å². The fourth-order valence-electron chi connectivity index (χ4n) is 3.95. The second kappa shape index (κ2) is 7.25. The fraction of sp³-hybridized carbons (Fsp3) is 0.182. The van der Waals surface area contributed by atoms with Gasteiger partial charge in [-0.15, -0.1) is 0 Å². The summed E-state index contributed by atoms with van der Waals surface area (Å²) in [5.74, 6) is 0.251. The summed E-state index contributed by atoms with van der Waals surface area (Å²) in [4.78, 5) is 4.28. The van der Waals surface area contributed by atoms with E-state index < -0.39 is 6.10 Å². The van der Waals surface area contributed by atoms with Crippen LogP contribution in [0.1, 0.15) is 24.2 Å². The normalized spacial score (nSPS) is 14.8. The third kappa shape index (κ3) is 3.18. The van der Waals surface area contributed by atoms with Gasteiger partial charge in [-0.25, -0.2) is 9.37 Å². The zero-order chi connectivity index (χ0) is 21.5. The van der Waals surface area contributed by atoms with Crippen molar-refractivity contribution in [1.29, 1.82) is 5.26 Å². The maximum atomic E-state index is 14.1. The third-order valence-electron chi connectivity index (χ3n) is 5.36. The van der Waals surface area contributed by atoms with Crippen molar-refractivity contribution in [2.75, 3.05) is 5.73 Å². The summed E-state index contributed by atoms with van der Waals surface area (Å²) in [6.07, 6.45) is 4.54. The van der Waals surface area contributed by atoms with Gasteiger partial charge in [0.05, 0.1) is 30.2 Å². The van der Waals surface area contributed by atoms with Crippen LogP contribution in [-0.2, 0) is 13.1 Å². The molecule has 0 fully saturated rings. The molecule has 1 aliphatic heterocycles. The minimum atomic E-state index is -0.503. The molecular weight excluding hydrogens is 397 g/mol. The molecule has 5 rings (SSSR count). The number of nitrogens with zero attached hydrogens (tertiary/aromatic N) is 6. The van der Waals surface area contributed by atoms with Crippen LogP contribution in [0.25, 0.3) is 22.5 Å². The van der Waals surface area contributed by atoms with E-state index in [9.17, 15) is 9.65 Å². The first-order valence-electron chi connectivity index (χ1n) is 9.71. The van der Waals surface area contributed by atoms with Gasteiger partial charge in [-0.1, -0.05) is 0 Å². The smallest absolute Gasteiger partial charge is 0.166 e. The molecule has 3 aromatic heterocycles. The third-order valence-corrected chi connectivity index (χ3v) is 5.36. The Hall–Kier alpha value is -4.19. The molecule has 9 heteroatoms. The molecule has 4 heterocycles. The summed E-state index contributed by atoms with van der Waals surface area (Å²) in [6.45, 7) is 2.33. The number of pyridine rings is 1. The Bertz CT molecular complexity index is 1330. The lowest BCUT2D eigenvalue weighted by molar-refractivity contribution is 0.227. The van der Waals surface area contributed by atoms with Crippen molar-refractivity contribution in [2.45, 2.75) is 26.1 Å². The Morgan fingerprint density at radius 1 is 1.26 bits per heavy atom. The zero-order valence-electron chi connectivity index (χ0n) is 16.7. The predicted octanol–water partition coefficient (Wildman–Crippen LogP) is 3.56. The van der Waals surface area contributed by atoms with E-state index in [1.54, 1.807) is 35.4 Å². The van der Waals surface area contributed by atoms with Crippen LogP contribution in [0, 0.1) is 17.1 Å². The van der Waals surface area contributed by atoms with Crippen molar-refractivity contribution in [3.63, 3.8) is 0 Å². The molecule has 1 atom stereocenters. The van der Waals surface area contributed by atoms with E-state index in [0.717, 1.165) is 22.5 Å². The van der Waals surface area contributed by atoms with Gasteiger partial charge < -0.3 is 10.5 Å². The molecule has 4 aromatic rings. The minimum Gasteiger partial charge on any atom is -0.482 e. The van der Waals surface area contributed by atoms with Crippen molar-refractivity contribution < 1.29 is 9.13 Å². The Balaban J connectivity index is 1.79. The van der Waals surface area contributed by atoms with Gasteiger partial charge in [0.1, 0.15) is 18.5 Å². The van der Waals surface area contributed by atoms with E-state index in [4.69, 9.17) is 10.5 Å². The number of hydrogen-bond donors (Lipinski definition) is 1. The van der Waals surface area contributed by atoms with Crippen LogP contribution in [0.4, 0.5) is 10.2 Å². The molecule has 2 N–H and O–H groups in total. The highest BCUT2D eigenvalue weighted by atomic mass is 19.1. The molecule has 31 heavy (non-hydrogen) atoms. The van der Waals surface area contributed by atoms with Crippen LogP contribution in [0.15, 0.2) is 48.9 Å². The second-order valence-electron chi connectivity index (χ2n) is 7.31. The van der Waals surface area contributed by atoms with Gasteiger partial charge in [0, 0.05) is 34.6 Å². The monoisotopic (exact) mass is 415 g/mol. The number of hydrogen-bond acceptors (Lipinski definition) is 6. The van der Waals surface area contributed by atoms with E-state index in [1.807, 2.05) is 17.7 Å². The van der Waals surface area contributed by atoms with Crippen LogP contribution >= 0.6 is 0 Å². The van der Waals surface area contributed by atoms with Crippen LogP contribution in [0.3, 0.4) is 0 Å². The Labute approximate surface area is 177 Å². The topological polar surface area (TPSA) is 108 Å². The van der Waals surface area contributed by atoms with Crippen molar-refractivity contribution >= 4 is 5.82 Å². The van der Waals surface area contributed by atoms with E-state index in [0.29, 0.717) is 23.4 Å². The number of benzene rings is 1. The maximum Gasteiger partial charge on any atom is 0.166 e. The van der Waals surface area contributed by atoms with Gasteiger partial charge >= 0.3 is 0 Å². The number of nitrogen functional groups attached to an aromatic ring is 1. The van der Waals surface area contributed by atoms with Crippen molar-refractivity contribution in [2.24, 2.45) is 0 Å². The number of nitrogens with two attached hydrogens (primary N) is 1. The summed E-state index contributed by atoms with van der Waals surface area (Å²) in [6, 6.07) is 10.4. The molecule has 8 nitrogen and oxygen atoms in total. The summed E-state index contributed by atoms with van der Waals surface area (Å²) >= 11 is 0. The number of halogens is 1. The van der Waals surface area contributed by atoms with E-state index >= 15 is 0 Å². The highest BCUT2D eigenvalue weighted by Gasteiger charge is 2.23. The quantitative estimate of drug-likeness (QED) is 0.509. The van der Waals surface area contributed by atoms with Crippen molar-refractivity contribution in [3.8, 4) is 34.3 Å². The highest BCUT2D eigenvalue weighted by Crippen LogP contribution is 2.37. The number of aromatic nitrogens is 5. The number of fused-ring (bicyclic) bond motifs is 7. The minimum absolute atomic E-state index is 0.0837. The standard InChI is InChI=1S/C22H18FN7O/c1-13-18-9-16(23)2-3-17(18)19-4-6-27-30(19)12-15-11-28-29(7-5-24)21(15)14-8-20(31-13)22(25)26-10-14/h2-4,6,8-11,13H,7,12H2,1H3,(H2,25,26). The van der Waals surface area contributed by atoms with Gasteiger partial charge in [-0.3, -0.25) is 9.36 Å². The average molecular weight is 415 g/mol. The molecule has 1 aromatic carbocycles. The molecule has 0 spiro atoms. The maximum absolute atomic E-state index is 14.1. The first kappa shape index (κ1) is 18.8. The molecule has 1 unspecified atom stereocenters. The van der Waals surface area contributed by atoms with E-state index in [-0.39, 0.29) is 18.2 Å². The number of ether oxygens (including phenoxy) is 1. The summed E-state index contributed by atoms with van der Waals surface area (Å²) < 4.78 is 23.7. The lowest BCUT2D eigenvalue weighted by Crippen LogP contribution is -2.12. The first-order chi connectivity index (χ1) is 15.0. The molecule has 154 valence electrons. The molecular formula is C22H18FN7O. The summed E-state index contributed by atoms with van der Waals surface area (Å²) in [5.41, 5.74) is 10.7. The average Bonchev–Trinajstić information content (AvgIpc) is 3.37. The van der Waals surface area contributed by atoms with E-state index in [1.165, 1.54) is 12.1 Å². The fourth-order valence-corrected chi connectivity index (χ4v) is 3.95. The molecule has 0 saturated carbocycles. The highest BCUT2D eigenvalue weighted by molar-refractivity contribution is 5.69. The number of rotatable bonds is 1. The zero-order valence-corrected chi connectivity index (χ0v) is 16.7. The molecule has 0 aliphatic carbocycles.